The maximum Gasteiger partial charge on any atom is 0.279 e. The lowest BCUT2D eigenvalue weighted by atomic mass is 9.74. The van der Waals surface area contributed by atoms with Gasteiger partial charge in [-0.2, -0.15) is 0 Å². The molecular weight excluding hydrogens is 233 g/mol. The second kappa shape index (κ2) is 4.26. The van der Waals surface area contributed by atoms with Gasteiger partial charge in [0.1, 0.15) is 11.5 Å². The molecule has 2 rings (SSSR count). The van der Waals surface area contributed by atoms with E-state index in [1.807, 2.05) is 13.0 Å². The summed E-state index contributed by atoms with van der Waals surface area (Å²) in [6, 6.07) is 1.71. The molecule has 0 bridgehead atoms. The zero-order valence-corrected chi connectivity index (χ0v) is 11.0. The highest BCUT2D eigenvalue weighted by molar-refractivity contribution is 5.90. The largest absolute Gasteiger partial charge is 0.466 e. The van der Waals surface area contributed by atoms with Gasteiger partial charge in [-0.25, -0.2) is 4.39 Å². The van der Waals surface area contributed by atoms with E-state index in [2.05, 4.69) is 25.7 Å². The molecule has 4 heteroatoms. The Morgan fingerprint density at radius 2 is 2.28 bits per heavy atom. The van der Waals surface area contributed by atoms with Crippen LogP contribution in [0.5, 0.6) is 0 Å². The lowest BCUT2D eigenvalue weighted by Crippen LogP contribution is -2.36. The van der Waals surface area contributed by atoms with E-state index in [0.29, 0.717) is 0 Å². The Morgan fingerprint density at radius 1 is 1.61 bits per heavy atom. The fourth-order valence-corrected chi connectivity index (χ4v) is 2.55. The Kier molecular flexibility index (Phi) is 3.05. The van der Waals surface area contributed by atoms with Gasteiger partial charge >= 0.3 is 0 Å². The first-order chi connectivity index (χ1) is 8.28. The van der Waals surface area contributed by atoms with Crippen molar-refractivity contribution in [3.63, 3.8) is 0 Å². The van der Waals surface area contributed by atoms with E-state index in [4.69, 9.17) is 4.42 Å². The third kappa shape index (κ3) is 2.47. The fourth-order valence-electron chi connectivity index (χ4n) is 2.55. The molecule has 0 fully saturated rings. The Labute approximate surface area is 106 Å². The SMILES string of the molecule is C=C(F)C(=O)NC1CC(C)(C)Cc2oc(C)cc21. The third-order valence-corrected chi connectivity index (χ3v) is 3.29. The molecule has 1 aliphatic rings. The minimum atomic E-state index is -0.958. The number of hydrogen-bond donors (Lipinski definition) is 1. The molecule has 1 amide bonds. The van der Waals surface area contributed by atoms with Crippen LogP contribution >= 0.6 is 0 Å². The quantitative estimate of drug-likeness (QED) is 0.820. The van der Waals surface area contributed by atoms with Crippen molar-refractivity contribution in [2.24, 2.45) is 5.41 Å². The number of fused-ring (bicyclic) bond motifs is 1. The molecular formula is C14H18FNO2. The summed E-state index contributed by atoms with van der Waals surface area (Å²) in [6.07, 6.45) is 1.59. The molecule has 1 N–H and O–H groups in total. The molecule has 0 saturated heterocycles. The predicted molar refractivity (Wildman–Crippen MR) is 66.7 cm³/mol. The summed E-state index contributed by atoms with van der Waals surface area (Å²) in [5.41, 5.74) is 0.980. The van der Waals surface area contributed by atoms with Crippen molar-refractivity contribution in [3.05, 3.63) is 35.6 Å². The molecule has 0 saturated carbocycles. The molecule has 1 aromatic rings. The number of hydrogen-bond acceptors (Lipinski definition) is 2. The molecule has 3 nitrogen and oxygen atoms in total. The molecule has 98 valence electrons. The van der Waals surface area contributed by atoms with Gasteiger partial charge in [-0.05, 0) is 24.8 Å². The van der Waals surface area contributed by atoms with Crippen LogP contribution in [0.4, 0.5) is 4.39 Å². The lowest BCUT2D eigenvalue weighted by Gasteiger charge is -2.34. The first kappa shape index (κ1) is 12.9. The predicted octanol–water partition coefficient (Wildman–Crippen LogP) is 3.20. The number of furan rings is 1. The van der Waals surface area contributed by atoms with Gasteiger partial charge in [0.2, 0.25) is 0 Å². The summed E-state index contributed by atoms with van der Waals surface area (Å²) in [4.78, 5) is 11.4. The Balaban J connectivity index is 2.29. The van der Waals surface area contributed by atoms with E-state index in [0.717, 1.165) is 29.9 Å². The average molecular weight is 251 g/mol. The van der Waals surface area contributed by atoms with E-state index in [1.54, 1.807) is 0 Å². The number of aryl methyl sites for hydroxylation is 1. The van der Waals surface area contributed by atoms with Crippen LogP contribution in [0.15, 0.2) is 22.9 Å². The number of halogens is 1. The fraction of sp³-hybridized carbons (Fsp3) is 0.500. The molecule has 0 radical (unpaired) electrons. The van der Waals surface area contributed by atoms with Gasteiger partial charge in [-0.1, -0.05) is 20.4 Å². The van der Waals surface area contributed by atoms with Crippen molar-refractivity contribution in [2.75, 3.05) is 0 Å². The molecule has 0 aliphatic heterocycles. The molecule has 1 aliphatic carbocycles. The number of carbonyl (C=O) groups is 1. The van der Waals surface area contributed by atoms with Gasteiger partial charge in [0.05, 0.1) is 6.04 Å². The van der Waals surface area contributed by atoms with E-state index >= 15 is 0 Å². The second-order valence-electron chi connectivity index (χ2n) is 5.71. The van der Waals surface area contributed by atoms with Crippen molar-refractivity contribution in [1.82, 2.24) is 5.32 Å². The number of nitrogens with one attached hydrogen (secondary N) is 1. The summed E-state index contributed by atoms with van der Waals surface area (Å²) in [7, 11) is 0. The van der Waals surface area contributed by atoms with Crippen molar-refractivity contribution in [2.45, 2.75) is 39.7 Å². The van der Waals surface area contributed by atoms with E-state index < -0.39 is 11.7 Å². The minimum Gasteiger partial charge on any atom is -0.466 e. The third-order valence-electron chi connectivity index (χ3n) is 3.29. The lowest BCUT2D eigenvalue weighted by molar-refractivity contribution is -0.119. The maximum absolute atomic E-state index is 12.8. The van der Waals surface area contributed by atoms with E-state index in [-0.39, 0.29) is 11.5 Å². The van der Waals surface area contributed by atoms with Crippen LogP contribution < -0.4 is 5.32 Å². The summed E-state index contributed by atoms with van der Waals surface area (Å²) < 4.78 is 18.4. The van der Waals surface area contributed by atoms with Gasteiger partial charge in [0.25, 0.3) is 5.91 Å². The number of rotatable bonds is 2. The van der Waals surface area contributed by atoms with E-state index in [9.17, 15) is 9.18 Å². The average Bonchev–Trinajstić information content (AvgIpc) is 2.56. The standard InChI is InChI=1S/C14H18FNO2/c1-8-5-10-11(16-13(17)9(2)15)6-14(3,4)7-12(10)18-8/h5,11H,2,6-7H2,1,3-4H3,(H,16,17). The van der Waals surface area contributed by atoms with E-state index in [1.165, 1.54) is 0 Å². The van der Waals surface area contributed by atoms with Crippen molar-refractivity contribution >= 4 is 5.91 Å². The van der Waals surface area contributed by atoms with Crippen molar-refractivity contribution in [1.29, 1.82) is 0 Å². The van der Waals surface area contributed by atoms with Crippen LogP contribution in [-0.2, 0) is 11.2 Å². The molecule has 1 unspecified atom stereocenters. The minimum absolute atomic E-state index is 0.0207. The van der Waals surface area contributed by atoms with Gasteiger partial charge in [-0.15, -0.1) is 0 Å². The Morgan fingerprint density at radius 3 is 2.89 bits per heavy atom. The highest BCUT2D eigenvalue weighted by Crippen LogP contribution is 2.42. The maximum atomic E-state index is 12.8. The monoisotopic (exact) mass is 251 g/mol. The van der Waals surface area contributed by atoms with Crippen molar-refractivity contribution < 1.29 is 13.6 Å². The molecule has 0 aromatic carbocycles. The molecule has 1 aromatic heterocycles. The Bertz CT molecular complexity index is 502. The zero-order chi connectivity index (χ0) is 13.5. The number of carbonyl (C=O) groups excluding carboxylic acids is 1. The molecule has 18 heavy (non-hydrogen) atoms. The number of amides is 1. The highest BCUT2D eigenvalue weighted by atomic mass is 19.1. The first-order valence-electron chi connectivity index (χ1n) is 6.03. The molecule has 0 spiro atoms. The van der Waals surface area contributed by atoms with Crippen LogP contribution in [0.3, 0.4) is 0 Å². The normalized spacial score (nSPS) is 21.2. The highest BCUT2D eigenvalue weighted by Gasteiger charge is 2.35. The van der Waals surface area contributed by atoms with Gasteiger partial charge in [0.15, 0.2) is 5.83 Å². The van der Waals surface area contributed by atoms with Crippen LogP contribution in [0.1, 0.15) is 43.4 Å². The van der Waals surface area contributed by atoms with Crippen LogP contribution in [-0.4, -0.2) is 5.91 Å². The summed E-state index contributed by atoms with van der Waals surface area (Å²) >= 11 is 0. The van der Waals surface area contributed by atoms with Gasteiger partial charge in [0, 0.05) is 12.0 Å². The molecule has 1 heterocycles. The summed E-state index contributed by atoms with van der Waals surface area (Å²) in [5, 5.41) is 2.67. The first-order valence-corrected chi connectivity index (χ1v) is 6.03. The summed E-state index contributed by atoms with van der Waals surface area (Å²) in [6.45, 7) is 9.11. The van der Waals surface area contributed by atoms with Gasteiger partial charge < -0.3 is 9.73 Å². The Hall–Kier alpha value is -1.58. The van der Waals surface area contributed by atoms with Crippen LogP contribution in [0.25, 0.3) is 0 Å². The molecule has 1 atom stereocenters. The van der Waals surface area contributed by atoms with Crippen LogP contribution in [0.2, 0.25) is 0 Å². The van der Waals surface area contributed by atoms with Crippen molar-refractivity contribution in [3.8, 4) is 0 Å². The zero-order valence-electron chi connectivity index (χ0n) is 11.0. The summed E-state index contributed by atoms with van der Waals surface area (Å²) in [5.74, 6) is -0.00260. The smallest absolute Gasteiger partial charge is 0.279 e. The van der Waals surface area contributed by atoms with Gasteiger partial charge in [-0.3, -0.25) is 4.79 Å². The van der Waals surface area contributed by atoms with Crippen LogP contribution in [0, 0.1) is 12.3 Å². The topological polar surface area (TPSA) is 42.2 Å². The second-order valence-corrected chi connectivity index (χ2v) is 5.71.